The number of benzene rings is 3. The maximum atomic E-state index is 13.7. The lowest BCUT2D eigenvalue weighted by Gasteiger charge is -2.32. The molecule has 2 aliphatic rings. The number of allylic oxidation sites excluding steroid dienone is 1. The van der Waals surface area contributed by atoms with E-state index in [-0.39, 0.29) is 11.9 Å². The lowest BCUT2D eigenvalue weighted by molar-refractivity contribution is -0.111. The standard InChI is InChI=1S/C17H21FN2O.C12H14N2.C10H22N2.C9H12.C3H8.C2H6.C2H4.CH2O/c1-11-7-14-9-20(13(3)16(14)8-17(11)18)15(10-21)6-5-12(2)19-4;1-7-5-11-9(3)13-10(4)14-12(11)6-8(7)2;1-3-4-5-6-12-9-7-11(2)8-10-12;1-3-9-6-4-5-8(2)7-9;1-3-2;3*1-2/h7-8,10,15,19H,2-3,5-6,9H2,1,4H3;5-6H,1-4H3;3-10H2,1-2H3;4-7H,3H2,1-2H3;3H2,1-2H3;1-2H3;1-2H2;1H2. The topological polar surface area (TPSA) is 81.7 Å². The number of aromatic nitrogens is 2. The second kappa shape index (κ2) is 36.3. The minimum absolute atomic E-state index is 0.233. The van der Waals surface area contributed by atoms with Gasteiger partial charge in [-0.05, 0) is 127 Å². The van der Waals surface area contributed by atoms with Gasteiger partial charge in [-0.2, -0.15) is 0 Å². The van der Waals surface area contributed by atoms with Gasteiger partial charge in [0.25, 0.3) is 0 Å². The number of nitrogens with one attached hydrogen (secondary N) is 1. The van der Waals surface area contributed by atoms with E-state index in [1.807, 2.05) is 52.5 Å². The molecule has 8 nitrogen and oxygen atoms in total. The maximum Gasteiger partial charge on any atom is 0.142 e. The second-order valence-corrected chi connectivity index (χ2v) is 16.1. The van der Waals surface area contributed by atoms with E-state index in [0.717, 1.165) is 52.3 Å². The number of rotatable bonds is 11. The van der Waals surface area contributed by atoms with Crippen molar-refractivity contribution in [2.24, 2.45) is 0 Å². The van der Waals surface area contributed by atoms with Gasteiger partial charge >= 0.3 is 0 Å². The number of nitrogens with zero attached hydrogens (tertiary/aromatic N) is 5. The first kappa shape index (κ1) is 62.1. The number of fused-ring (bicyclic) bond motifs is 2. The highest BCUT2D eigenvalue weighted by Gasteiger charge is 2.29. The third-order valence-electron chi connectivity index (χ3n) is 10.8. The molecule has 6 rings (SSSR count). The number of carbonyl (C=O) groups is 2. The molecule has 1 fully saturated rings. The summed E-state index contributed by atoms with van der Waals surface area (Å²) in [6.07, 6.45) is 8.83. The third-order valence-corrected chi connectivity index (χ3v) is 10.8. The van der Waals surface area contributed by atoms with Crippen molar-refractivity contribution in [1.29, 1.82) is 0 Å². The van der Waals surface area contributed by atoms with Crippen molar-refractivity contribution in [2.75, 3.05) is 46.8 Å². The molecular formula is C56H89FN6O2. The first-order chi connectivity index (χ1) is 31.1. The normalized spacial score (nSPS) is 12.9. The molecule has 9 heteroatoms. The second-order valence-electron chi connectivity index (χ2n) is 16.1. The van der Waals surface area contributed by atoms with Gasteiger partial charge in [0.15, 0.2) is 0 Å². The predicted octanol–water partition coefficient (Wildman–Crippen LogP) is 12.9. The predicted molar refractivity (Wildman–Crippen MR) is 281 cm³/mol. The summed E-state index contributed by atoms with van der Waals surface area (Å²) in [5, 5.41) is 4.14. The van der Waals surface area contributed by atoms with E-state index in [9.17, 15) is 9.18 Å². The SMILES string of the molecule is C=C.C=C(CCC(C=O)N1Cc2cc(C)c(F)cc2C1=C)NC.C=O.CC.CCC.CCCCCN1CCN(C)CC1.CCc1cccc(C)c1.Cc1nc(C)c2cc(C)c(C)cc2n1. The molecule has 0 saturated carbocycles. The summed E-state index contributed by atoms with van der Waals surface area (Å²) < 4.78 is 13.7. The largest absolute Gasteiger partial charge is 0.392 e. The monoisotopic (exact) mass is 897 g/mol. The molecule has 1 saturated heterocycles. The number of hydrogen-bond acceptors (Lipinski definition) is 8. The number of carbonyl (C=O) groups excluding carboxylic acids is 2. The van der Waals surface area contributed by atoms with Crippen LogP contribution in [0.3, 0.4) is 0 Å². The van der Waals surface area contributed by atoms with Crippen LogP contribution in [-0.4, -0.2) is 90.6 Å². The highest BCUT2D eigenvalue weighted by atomic mass is 19.1. The molecule has 362 valence electrons. The third kappa shape index (κ3) is 23.2. The quantitative estimate of drug-likeness (QED) is 0.0906. The summed E-state index contributed by atoms with van der Waals surface area (Å²) in [6, 6.07) is 16.0. The van der Waals surface area contributed by atoms with Gasteiger partial charge < -0.3 is 29.6 Å². The zero-order valence-electron chi connectivity index (χ0n) is 43.4. The van der Waals surface area contributed by atoms with E-state index in [1.165, 1.54) is 92.1 Å². The fourth-order valence-electron chi connectivity index (χ4n) is 6.91. The van der Waals surface area contributed by atoms with Crippen LogP contribution in [0.15, 0.2) is 80.5 Å². The lowest BCUT2D eigenvalue weighted by atomic mass is 10.1. The van der Waals surface area contributed by atoms with Gasteiger partial charge in [0.1, 0.15) is 24.7 Å². The highest BCUT2D eigenvalue weighted by molar-refractivity contribution is 5.82. The number of halogens is 1. The Morgan fingerprint density at radius 2 is 1.46 bits per heavy atom. The van der Waals surface area contributed by atoms with E-state index in [2.05, 4.69) is 143 Å². The highest BCUT2D eigenvalue weighted by Crippen LogP contribution is 2.35. The molecule has 1 aromatic heterocycles. The van der Waals surface area contributed by atoms with Crippen LogP contribution in [0.1, 0.15) is 131 Å². The van der Waals surface area contributed by atoms with Gasteiger partial charge in [-0.15, -0.1) is 13.2 Å². The summed E-state index contributed by atoms with van der Waals surface area (Å²) in [6.45, 7) is 47.6. The van der Waals surface area contributed by atoms with E-state index < -0.39 is 0 Å². The summed E-state index contributed by atoms with van der Waals surface area (Å²) in [7, 11) is 4.03. The van der Waals surface area contributed by atoms with Crippen molar-refractivity contribution in [3.8, 4) is 0 Å². The van der Waals surface area contributed by atoms with Crippen LogP contribution in [0.25, 0.3) is 16.6 Å². The van der Waals surface area contributed by atoms with Crippen molar-refractivity contribution < 1.29 is 14.0 Å². The fraction of sp³-hybridized carbons (Fsp3) is 0.500. The molecule has 0 bridgehead atoms. The van der Waals surface area contributed by atoms with E-state index >= 15 is 0 Å². The average molecular weight is 897 g/mol. The summed E-state index contributed by atoms with van der Waals surface area (Å²) in [5.41, 5.74) is 11.5. The fourth-order valence-corrected chi connectivity index (χ4v) is 6.91. The minimum Gasteiger partial charge on any atom is -0.392 e. The summed E-state index contributed by atoms with van der Waals surface area (Å²) in [4.78, 5) is 35.2. The first-order valence-electron chi connectivity index (χ1n) is 23.7. The van der Waals surface area contributed by atoms with Crippen LogP contribution in [0.5, 0.6) is 0 Å². The van der Waals surface area contributed by atoms with Crippen LogP contribution in [0, 0.1) is 47.4 Å². The van der Waals surface area contributed by atoms with Crippen molar-refractivity contribution in [3.63, 3.8) is 0 Å². The van der Waals surface area contributed by atoms with Gasteiger partial charge in [-0.3, -0.25) is 0 Å². The maximum absolute atomic E-state index is 13.7. The van der Waals surface area contributed by atoms with E-state index in [1.54, 1.807) is 6.92 Å². The molecule has 0 radical (unpaired) electrons. The van der Waals surface area contributed by atoms with E-state index in [0.29, 0.717) is 24.9 Å². The number of unbranched alkanes of at least 4 members (excludes halogenated alkanes) is 2. The van der Waals surface area contributed by atoms with E-state index in [4.69, 9.17) is 4.79 Å². The molecule has 0 amide bonds. The molecule has 65 heavy (non-hydrogen) atoms. The Morgan fingerprint density at radius 3 is 1.98 bits per heavy atom. The van der Waals surface area contributed by atoms with Crippen molar-refractivity contribution in [3.05, 3.63) is 137 Å². The Hall–Kier alpha value is -4.99. The van der Waals surface area contributed by atoms with Crippen molar-refractivity contribution in [2.45, 2.75) is 141 Å². The van der Waals surface area contributed by atoms with Gasteiger partial charge in [0, 0.05) is 67.8 Å². The molecular weight excluding hydrogens is 808 g/mol. The Morgan fingerprint density at radius 1 is 0.862 bits per heavy atom. The Bertz CT molecular complexity index is 1950. The molecule has 3 heterocycles. The number of likely N-dealkylation sites (N-methyl/N-ethyl adjacent to an activating group) is 1. The molecule has 1 unspecified atom stereocenters. The smallest absolute Gasteiger partial charge is 0.142 e. The van der Waals surface area contributed by atoms with Crippen molar-refractivity contribution >= 4 is 29.7 Å². The average Bonchev–Trinajstić information content (AvgIpc) is 3.61. The zero-order valence-corrected chi connectivity index (χ0v) is 43.4. The van der Waals surface area contributed by atoms with Crippen molar-refractivity contribution in [1.82, 2.24) is 30.0 Å². The molecule has 1 N–H and O–H groups in total. The van der Waals surface area contributed by atoms with Gasteiger partial charge in [-0.25, -0.2) is 14.4 Å². The Kier molecular flexibility index (Phi) is 34.6. The first-order valence-corrected chi connectivity index (χ1v) is 23.7. The molecule has 4 aromatic rings. The van der Waals surface area contributed by atoms with Crippen LogP contribution in [0.2, 0.25) is 0 Å². The van der Waals surface area contributed by atoms with Gasteiger partial charge in [0.2, 0.25) is 0 Å². The molecule has 3 aromatic carbocycles. The van der Waals surface area contributed by atoms with Crippen LogP contribution in [-0.2, 0) is 22.6 Å². The Balaban J connectivity index is 0. The molecule has 0 aliphatic carbocycles. The van der Waals surface area contributed by atoms with Crippen LogP contribution < -0.4 is 5.32 Å². The molecule has 2 aliphatic heterocycles. The number of hydrogen-bond donors (Lipinski definition) is 1. The number of piperazine rings is 1. The zero-order chi connectivity index (χ0) is 50.1. The number of aryl methyl sites for hydroxylation is 7. The summed E-state index contributed by atoms with van der Waals surface area (Å²) in [5.74, 6) is 0.612. The molecule has 1 atom stereocenters. The lowest BCUT2D eigenvalue weighted by Crippen LogP contribution is -2.44. The van der Waals surface area contributed by atoms with Gasteiger partial charge in [0.05, 0.1) is 11.6 Å². The van der Waals surface area contributed by atoms with Crippen LogP contribution >= 0.6 is 0 Å². The Labute approximate surface area is 396 Å². The summed E-state index contributed by atoms with van der Waals surface area (Å²) >= 11 is 0. The number of aldehydes is 1. The molecule has 0 spiro atoms. The van der Waals surface area contributed by atoms with Crippen LogP contribution in [0.4, 0.5) is 4.39 Å². The minimum atomic E-state index is -0.265. The van der Waals surface area contributed by atoms with Gasteiger partial charge in [-0.1, -0.05) is 110 Å².